The maximum Gasteiger partial charge on any atom is 0.204 e. The van der Waals surface area contributed by atoms with Crippen molar-refractivity contribution >= 4 is 17.0 Å². The Morgan fingerprint density at radius 1 is 1.03 bits per heavy atom. The molecular weight excluding hydrogens is 412 g/mol. The average molecular weight is 434 g/mol. The topological polar surface area (TPSA) is 109 Å². The summed E-state index contributed by atoms with van der Waals surface area (Å²) in [5.74, 6) is -0.110. The summed E-state index contributed by atoms with van der Waals surface area (Å²) in [6, 6.07) is 4.00. The van der Waals surface area contributed by atoms with Gasteiger partial charge in [-0.25, -0.2) is 0 Å². The molecule has 0 unspecified atom stereocenters. The van der Waals surface area contributed by atoms with Crippen molar-refractivity contribution in [1.29, 1.82) is 0 Å². The molecule has 0 spiro atoms. The van der Waals surface area contributed by atoms with Crippen LogP contribution in [0.5, 0.6) is 28.7 Å². The molecule has 7 heteroatoms. The summed E-state index contributed by atoms with van der Waals surface area (Å²) in [6.07, 6.45) is 4.61. The molecule has 3 heterocycles. The fourth-order valence-corrected chi connectivity index (χ4v) is 4.11. The van der Waals surface area contributed by atoms with E-state index < -0.39 is 17.1 Å². The molecule has 1 aromatic heterocycles. The van der Waals surface area contributed by atoms with Crippen LogP contribution in [-0.4, -0.2) is 20.9 Å². The lowest BCUT2D eigenvalue weighted by Gasteiger charge is -2.29. The van der Waals surface area contributed by atoms with Gasteiger partial charge in [-0.2, -0.15) is 0 Å². The number of hydrogen-bond acceptors (Lipinski definition) is 7. The number of phenols is 3. The third kappa shape index (κ3) is 2.92. The highest BCUT2D eigenvalue weighted by atomic mass is 16.5. The van der Waals surface area contributed by atoms with E-state index in [-0.39, 0.29) is 45.3 Å². The monoisotopic (exact) mass is 434 g/mol. The van der Waals surface area contributed by atoms with Gasteiger partial charge >= 0.3 is 0 Å². The molecule has 164 valence electrons. The average Bonchev–Trinajstić information content (AvgIpc) is 2.67. The van der Waals surface area contributed by atoms with Crippen molar-refractivity contribution in [3.63, 3.8) is 0 Å². The van der Waals surface area contributed by atoms with Crippen LogP contribution in [0.4, 0.5) is 0 Å². The van der Waals surface area contributed by atoms with Gasteiger partial charge in [0, 0.05) is 12.1 Å². The Balaban J connectivity index is 1.91. The Morgan fingerprint density at radius 2 is 1.72 bits per heavy atom. The Kier molecular flexibility index (Phi) is 4.11. The van der Waals surface area contributed by atoms with E-state index in [0.717, 1.165) is 5.57 Å². The number of benzene rings is 2. The van der Waals surface area contributed by atoms with Crippen LogP contribution in [0.25, 0.3) is 28.4 Å². The second-order valence-corrected chi connectivity index (χ2v) is 8.84. The van der Waals surface area contributed by atoms with Gasteiger partial charge in [0.15, 0.2) is 17.1 Å². The molecule has 2 aliphatic rings. The van der Waals surface area contributed by atoms with Crippen molar-refractivity contribution in [2.24, 2.45) is 0 Å². The fraction of sp³-hybridized carbons (Fsp3) is 0.240. The first kappa shape index (κ1) is 20.1. The predicted molar refractivity (Wildman–Crippen MR) is 119 cm³/mol. The van der Waals surface area contributed by atoms with Crippen molar-refractivity contribution in [2.45, 2.75) is 39.4 Å². The van der Waals surface area contributed by atoms with Crippen molar-refractivity contribution in [3.05, 3.63) is 57.3 Å². The molecule has 0 fully saturated rings. The number of ether oxygens (including phenoxy) is 2. The Labute approximate surface area is 183 Å². The SMILES string of the molecule is CC(C)=C[C@H]1Oc2cc(O)c(O)cc2-c2oc3c4c(cc(O)c3c(=O)c21)OC(C)(C)C=C4. The highest BCUT2D eigenvalue weighted by Crippen LogP contribution is 2.49. The Hall–Kier alpha value is -3.87. The number of rotatable bonds is 1. The molecule has 3 aromatic rings. The van der Waals surface area contributed by atoms with Gasteiger partial charge in [0.05, 0.1) is 16.7 Å². The summed E-state index contributed by atoms with van der Waals surface area (Å²) in [4.78, 5) is 13.7. The molecule has 7 nitrogen and oxygen atoms in total. The molecule has 5 rings (SSSR count). The minimum atomic E-state index is -0.798. The zero-order valence-electron chi connectivity index (χ0n) is 18.0. The highest BCUT2D eigenvalue weighted by molar-refractivity contribution is 5.95. The standard InChI is InChI=1S/C25H22O7/c1-11(2)7-19-21-22(29)20-16(28)10-18-12(5-6-25(3,4)32-18)23(20)31-24(21)13-8-14(26)15(27)9-17(13)30-19/h5-10,19,26-28H,1-4H3/t19-/m1/s1. The van der Waals surface area contributed by atoms with Crippen molar-refractivity contribution in [1.82, 2.24) is 0 Å². The van der Waals surface area contributed by atoms with E-state index in [2.05, 4.69) is 0 Å². The summed E-state index contributed by atoms with van der Waals surface area (Å²) in [6.45, 7) is 7.49. The normalized spacial score (nSPS) is 17.6. The van der Waals surface area contributed by atoms with E-state index in [1.54, 1.807) is 12.2 Å². The molecule has 0 amide bonds. The zero-order chi connectivity index (χ0) is 22.9. The second kappa shape index (κ2) is 6.56. The summed E-state index contributed by atoms with van der Waals surface area (Å²) < 4.78 is 18.2. The molecule has 0 saturated heterocycles. The van der Waals surface area contributed by atoms with Crippen LogP contribution in [0.1, 0.15) is 44.9 Å². The number of phenolic OH excluding ortho intramolecular Hbond substituents is 3. The smallest absolute Gasteiger partial charge is 0.204 e. The van der Waals surface area contributed by atoms with Crippen LogP contribution in [0.15, 0.2) is 45.1 Å². The van der Waals surface area contributed by atoms with Crippen LogP contribution < -0.4 is 14.9 Å². The molecule has 0 saturated carbocycles. The summed E-state index contributed by atoms with van der Waals surface area (Å²) in [5.41, 5.74) is 1.11. The summed E-state index contributed by atoms with van der Waals surface area (Å²) in [5, 5.41) is 30.8. The number of fused-ring (bicyclic) bond motifs is 6. The largest absolute Gasteiger partial charge is 0.507 e. The van der Waals surface area contributed by atoms with E-state index in [1.807, 2.05) is 33.8 Å². The van der Waals surface area contributed by atoms with E-state index in [4.69, 9.17) is 13.9 Å². The van der Waals surface area contributed by atoms with Crippen LogP contribution in [0.3, 0.4) is 0 Å². The first-order valence-electron chi connectivity index (χ1n) is 10.2. The quantitative estimate of drug-likeness (QED) is 0.358. The molecule has 32 heavy (non-hydrogen) atoms. The van der Waals surface area contributed by atoms with Gasteiger partial charge in [-0.15, -0.1) is 0 Å². The minimum absolute atomic E-state index is 0.0256. The molecule has 0 bridgehead atoms. The Bertz CT molecular complexity index is 1420. The summed E-state index contributed by atoms with van der Waals surface area (Å²) >= 11 is 0. The molecular formula is C25H22O7. The first-order valence-corrected chi connectivity index (χ1v) is 10.2. The molecule has 1 atom stereocenters. The minimum Gasteiger partial charge on any atom is -0.507 e. The van der Waals surface area contributed by atoms with E-state index in [0.29, 0.717) is 16.9 Å². The Morgan fingerprint density at radius 3 is 2.44 bits per heavy atom. The van der Waals surface area contributed by atoms with Crippen LogP contribution in [-0.2, 0) is 0 Å². The predicted octanol–water partition coefficient (Wildman–Crippen LogP) is 5.16. The number of allylic oxidation sites excluding steroid dienone is 1. The fourth-order valence-electron chi connectivity index (χ4n) is 4.11. The van der Waals surface area contributed by atoms with Crippen molar-refractivity contribution in [2.75, 3.05) is 0 Å². The lowest BCUT2D eigenvalue weighted by Crippen LogP contribution is -2.28. The van der Waals surface area contributed by atoms with Gasteiger partial charge in [-0.1, -0.05) is 5.57 Å². The van der Waals surface area contributed by atoms with Crippen molar-refractivity contribution < 1.29 is 29.2 Å². The van der Waals surface area contributed by atoms with Gasteiger partial charge in [0.2, 0.25) is 5.43 Å². The number of hydrogen-bond donors (Lipinski definition) is 3. The lowest BCUT2D eigenvalue weighted by atomic mass is 9.93. The van der Waals surface area contributed by atoms with E-state index in [9.17, 15) is 20.1 Å². The summed E-state index contributed by atoms with van der Waals surface area (Å²) in [7, 11) is 0. The van der Waals surface area contributed by atoms with Crippen LogP contribution in [0.2, 0.25) is 0 Å². The molecule has 3 N–H and O–H groups in total. The lowest BCUT2D eigenvalue weighted by molar-refractivity contribution is 0.158. The van der Waals surface area contributed by atoms with Crippen molar-refractivity contribution in [3.8, 4) is 40.1 Å². The van der Waals surface area contributed by atoms with Gasteiger partial charge in [-0.05, 0) is 52.0 Å². The molecule has 0 aliphatic carbocycles. The molecule has 0 radical (unpaired) electrons. The zero-order valence-corrected chi connectivity index (χ0v) is 18.0. The van der Waals surface area contributed by atoms with Crippen LogP contribution >= 0.6 is 0 Å². The third-order valence-corrected chi connectivity index (χ3v) is 5.55. The number of aromatic hydroxyl groups is 3. The highest BCUT2D eigenvalue weighted by Gasteiger charge is 2.34. The van der Waals surface area contributed by atoms with Crippen LogP contribution in [0, 0.1) is 0 Å². The van der Waals surface area contributed by atoms with Gasteiger partial charge in [0.1, 0.15) is 40.1 Å². The van der Waals surface area contributed by atoms with Gasteiger partial charge in [0.25, 0.3) is 0 Å². The van der Waals surface area contributed by atoms with E-state index >= 15 is 0 Å². The van der Waals surface area contributed by atoms with Gasteiger partial charge < -0.3 is 29.2 Å². The molecule has 2 aromatic carbocycles. The second-order valence-electron chi connectivity index (χ2n) is 8.84. The molecule has 2 aliphatic heterocycles. The first-order chi connectivity index (χ1) is 15.1. The third-order valence-electron chi connectivity index (χ3n) is 5.55. The van der Waals surface area contributed by atoms with Gasteiger partial charge in [-0.3, -0.25) is 4.79 Å². The van der Waals surface area contributed by atoms with E-state index in [1.165, 1.54) is 18.2 Å². The maximum atomic E-state index is 13.7. The maximum absolute atomic E-state index is 13.7.